The highest BCUT2D eigenvalue weighted by Crippen LogP contribution is 2.19. The predicted molar refractivity (Wildman–Crippen MR) is 94.3 cm³/mol. The minimum atomic E-state index is 0.120. The molecule has 1 aromatic heterocycles. The van der Waals surface area contributed by atoms with E-state index in [4.69, 9.17) is 0 Å². The van der Waals surface area contributed by atoms with Crippen molar-refractivity contribution in [2.45, 2.75) is 26.9 Å². The van der Waals surface area contributed by atoms with Crippen molar-refractivity contribution in [3.05, 3.63) is 71.4 Å². The number of benzene rings is 2. The average molecular weight is 306 g/mol. The van der Waals surface area contributed by atoms with Gasteiger partial charge >= 0.3 is 0 Å². The monoisotopic (exact) mass is 306 g/mol. The maximum Gasteiger partial charge on any atom is 0.242 e. The topological polar surface area (TPSA) is 25.2 Å². The highest BCUT2D eigenvalue weighted by atomic mass is 16.2. The summed E-state index contributed by atoms with van der Waals surface area (Å²) in [5.41, 5.74) is 4.61. The van der Waals surface area contributed by atoms with Crippen LogP contribution in [0.3, 0.4) is 0 Å². The lowest BCUT2D eigenvalue weighted by molar-refractivity contribution is -0.131. The van der Waals surface area contributed by atoms with E-state index in [-0.39, 0.29) is 5.91 Å². The summed E-state index contributed by atoms with van der Waals surface area (Å²) in [6, 6.07) is 18.6. The van der Waals surface area contributed by atoms with Crippen molar-refractivity contribution >= 4 is 16.8 Å². The number of hydrogen-bond acceptors (Lipinski definition) is 1. The summed E-state index contributed by atoms with van der Waals surface area (Å²) in [5.74, 6) is 0.120. The van der Waals surface area contributed by atoms with Crippen LogP contribution in [0.25, 0.3) is 10.9 Å². The summed E-state index contributed by atoms with van der Waals surface area (Å²) in [6.07, 6.45) is 0. The lowest BCUT2D eigenvalue weighted by Crippen LogP contribution is -2.30. The number of carbonyl (C=O) groups is 1. The summed E-state index contributed by atoms with van der Waals surface area (Å²) >= 11 is 0. The Balaban J connectivity index is 1.75. The number of nitrogens with zero attached hydrogens (tertiary/aromatic N) is 2. The van der Waals surface area contributed by atoms with Gasteiger partial charge in [0.15, 0.2) is 0 Å². The summed E-state index contributed by atoms with van der Waals surface area (Å²) in [5, 5.41) is 1.18. The average Bonchev–Trinajstić information content (AvgIpc) is 2.85. The second-order valence-electron chi connectivity index (χ2n) is 6.17. The zero-order valence-electron chi connectivity index (χ0n) is 13.9. The van der Waals surface area contributed by atoms with Crippen molar-refractivity contribution < 1.29 is 4.79 Å². The van der Waals surface area contributed by atoms with Crippen molar-refractivity contribution in [3.8, 4) is 0 Å². The number of para-hydroxylation sites is 1. The Morgan fingerprint density at radius 2 is 1.74 bits per heavy atom. The molecule has 2 aromatic carbocycles. The van der Waals surface area contributed by atoms with E-state index < -0.39 is 0 Å². The molecular weight excluding hydrogens is 284 g/mol. The Labute approximate surface area is 137 Å². The number of fused-ring (bicyclic) bond motifs is 1. The normalized spacial score (nSPS) is 10.9. The number of carbonyl (C=O) groups excluding carboxylic acids is 1. The van der Waals surface area contributed by atoms with Crippen LogP contribution in [0.2, 0.25) is 0 Å². The number of amides is 1. The van der Waals surface area contributed by atoms with Crippen LogP contribution in [0, 0.1) is 13.8 Å². The molecule has 0 aliphatic carbocycles. The number of rotatable bonds is 4. The standard InChI is InChI=1S/C20H22N2O/c1-15-8-10-17(11-9-15)13-21(3)20(23)14-22-16(2)12-18-6-4-5-7-19(18)22/h4-12H,13-14H2,1-3H3. The first kappa shape index (κ1) is 15.3. The fourth-order valence-electron chi connectivity index (χ4n) is 2.87. The number of aryl methyl sites for hydroxylation is 2. The molecule has 3 rings (SSSR count). The quantitative estimate of drug-likeness (QED) is 0.717. The number of likely N-dealkylation sites (N-methyl/N-ethyl adjacent to an activating group) is 1. The molecular formula is C20H22N2O. The van der Waals surface area contributed by atoms with Crippen LogP contribution in [0.4, 0.5) is 0 Å². The first-order chi connectivity index (χ1) is 11.0. The molecule has 0 aliphatic rings. The highest BCUT2D eigenvalue weighted by molar-refractivity contribution is 5.84. The van der Waals surface area contributed by atoms with Crippen LogP contribution in [-0.2, 0) is 17.9 Å². The zero-order chi connectivity index (χ0) is 16.4. The molecule has 0 N–H and O–H groups in total. The van der Waals surface area contributed by atoms with Crippen molar-refractivity contribution in [2.24, 2.45) is 0 Å². The minimum Gasteiger partial charge on any atom is -0.340 e. The SMILES string of the molecule is Cc1ccc(CN(C)C(=O)Cn2c(C)cc3ccccc32)cc1. The summed E-state index contributed by atoms with van der Waals surface area (Å²) < 4.78 is 2.09. The minimum absolute atomic E-state index is 0.120. The fraction of sp³-hybridized carbons (Fsp3) is 0.250. The van der Waals surface area contributed by atoms with Gasteiger partial charge in [-0.1, -0.05) is 48.0 Å². The van der Waals surface area contributed by atoms with Crippen LogP contribution in [0.5, 0.6) is 0 Å². The third-order valence-corrected chi connectivity index (χ3v) is 4.28. The molecule has 0 bridgehead atoms. The number of aromatic nitrogens is 1. The van der Waals surface area contributed by atoms with E-state index in [0.717, 1.165) is 16.8 Å². The van der Waals surface area contributed by atoms with E-state index in [1.54, 1.807) is 4.90 Å². The second-order valence-corrected chi connectivity index (χ2v) is 6.17. The van der Waals surface area contributed by atoms with Gasteiger partial charge in [-0.25, -0.2) is 0 Å². The van der Waals surface area contributed by atoms with Gasteiger partial charge in [0.1, 0.15) is 6.54 Å². The molecule has 0 aliphatic heterocycles. The first-order valence-corrected chi connectivity index (χ1v) is 7.89. The Kier molecular flexibility index (Phi) is 4.20. The third-order valence-electron chi connectivity index (χ3n) is 4.28. The van der Waals surface area contributed by atoms with Crippen LogP contribution < -0.4 is 0 Å². The van der Waals surface area contributed by atoms with Gasteiger partial charge in [0, 0.05) is 24.8 Å². The molecule has 3 nitrogen and oxygen atoms in total. The summed E-state index contributed by atoms with van der Waals surface area (Å²) in [4.78, 5) is 14.4. The maximum absolute atomic E-state index is 12.6. The van der Waals surface area contributed by atoms with E-state index >= 15 is 0 Å². The Morgan fingerprint density at radius 3 is 2.48 bits per heavy atom. The van der Waals surface area contributed by atoms with Gasteiger partial charge in [-0.3, -0.25) is 4.79 Å². The second kappa shape index (κ2) is 6.29. The summed E-state index contributed by atoms with van der Waals surface area (Å²) in [6.45, 7) is 5.13. The van der Waals surface area contributed by atoms with Crippen LogP contribution in [0.15, 0.2) is 54.6 Å². The Bertz CT molecular complexity index is 830. The molecule has 0 atom stereocenters. The van der Waals surface area contributed by atoms with Crippen LogP contribution in [0.1, 0.15) is 16.8 Å². The van der Waals surface area contributed by atoms with E-state index in [0.29, 0.717) is 13.1 Å². The molecule has 0 spiro atoms. The molecule has 0 saturated carbocycles. The van der Waals surface area contributed by atoms with Crippen LogP contribution in [-0.4, -0.2) is 22.4 Å². The molecule has 0 radical (unpaired) electrons. The van der Waals surface area contributed by atoms with Crippen molar-refractivity contribution in [1.29, 1.82) is 0 Å². The molecule has 1 heterocycles. The third kappa shape index (κ3) is 3.29. The van der Waals surface area contributed by atoms with Gasteiger partial charge in [0.2, 0.25) is 5.91 Å². The lowest BCUT2D eigenvalue weighted by Gasteiger charge is -2.19. The molecule has 3 heteroatoms. The van der Waals surface area contributed by atoms with E-state index in [1.165, 1.54) is 10.9 Å². The van der Waals surface area contributed by atoms with Gasteiger partial charge in [0.25, 0.3) is 0 Å². The molecule has 118 valence electrons. The van der Waals surface area contributed by atoms with Gasteiger partial charge in [-0.15, -0.1) is 0 Å². The van der Waals surface area contributed by atoms with E-state index in [9.17, 15) is 4.79 Å². The van der Waals surface area contributed by atoms with Crippen molar-refractivity contribution in [3.63, 3.8) is 0 Å². The maximum atomic E-state index is 12.6. The van der Waals surface area contributed by atoms with Crippen molar-refractivity contribution in [2.75, 3.05) is 7.05 Å². The molecule has 3 aromatic rings. The van der Waals surface area contributed by atoms with E-state index in [1.807, 2.05) is 26.1 Å². The molecule has 23 heavy (non-hydrogen) atoms. The van der Waals surface area contributed by atoms with Gasteiger partial charge < -0.3 is 9.47 Å². The van der Waals surface area contributed by atoms with Gasteiger partial charge in [0.05, 0.1) is 0 Å². The largest absolute Gasteiger partial charge is 0.340 e. The molecule has 0 unspecified atom stereocenters. The Morgan fingerprint density at radius 1 is 1.04 bits per heavy atom. The van der Waals surface area contributed by atoms with Crippen molar-refractivity contribution in [1.82, 2.24) is 9.47 Å². The highest BCUT2D eigenvalue weighted by Gasteiger charge is 2.13. The van der Waals surface area contributed by atoms with Gasteiger partial charge in [-0.05, 0) is 36.9 Å². The first-order valence-electron chi connectivity index (χ1n) is 7.89. The molecule has 1 amide bonds. The fourth-order valence-corrected chi connectivity index (χ4v) is 2.87. The zero-order valence-corrected chi connectivity index (χ0v) is 13.9. The smallest absolute Gasteiger partial charge is 0.242 e. The predicted octanol–water partition coefficient (Wildman–Crippen LogP) is 3.92. The van der Waals surface area contributed by atoms with Gasteiger partial charge in [-0.2, -0.15) is 0 Å². The lowest BCUT2D eigenvalue weighted by atomic mass is 10.1. The molecule has 0 fully saturated rings. The summed E-state index contributed by atoms with van der Waals surface area (Å²) in [7, 11) is 1.86. The Hall–Kier alpha value is -2.55. The molecule has 0 saturated heterocycles. The van der Waals surface area contributed by atoms with E-state index in [2.05, 4.69) is 54.0 Å². The van der Waals surface area contributed by atoms with Crippen LogP contribution >= 0.6 is 0 Å². The number of hydrogen-bond donors (Lipinski definition) is 0.